The van der Waals surface area contributed by atoms with Crippen LogP contribution in [0.15, 0.2) is 97.2 Å². The minimum absolute atomic E-state index is 0.0386. The molecule has 5 atom stereocenters. The Morgan fingerprint density at radius 1 is 1.02 bits per heavy atom. The summed E-state index contributed by atoms with van der Waals surface area (Å²) in [5.74, 6) is -1.07. The Balaban J connectivity index is 1.03. The van der Waals surface area contributed by atoms with Crippen LogP contribution in [0.1, 0.15) is 41.2 Å². The number of rotatable bonds is 9. The third-order valence-electron chi connectivity index (χ3n) is 11.8. The number of nitrogens with zero attached hydrogens (tertiary/aromatic N) is 2. The summed E-state index contributed by atoms with van der Waals surface area (Å²) in [7, 11) is -3.04. The lowest BCUT2D eigenvalue weighted by Crippen LogP contribution is -2.48. The van der Waals surface area contributed by atoms with Crippen LogP contribution in [0.3, 0.4) is 0 Å². The molecule has 0 aliphatic carbocycles. The van der Waals surface area contributed by atoms with E-state index in [1.54, 1.807) is 21.9 Å². The molecule has 3 amide bonds. The summed E-state index contributed by atoms with van der Waals surface area (Å²) in [6.45, 7) is 6.03. The molecule has 1 fully saturated rings. The van der Waals surface area contributed by atoms with Gasteiger partial charge in [0.25, 0.3) is 5.91 Å². The number of nitrogens with one attached hydrogen (secondary N) is 2. The number of carbonyl (C=O) groups is 3. The van der Waals surface area contributed by atoms with Gasteiger partial charge in [0.05, 0.1) is 43.8 Å². The molecule has 0 radical (unpaired) electrons. The zero-order chi connectivity index (χ0) is 38.6. The Kier molecular flexibility index (Phi) is 9.71. The number of halogens is 1. The quantitative estimate of drug-likeness (QED) is 0.123. The summed E-state index contributed by atoms with van der Waals surface area (Å²) in [4.78, 5) is 60.4. The molecule has 1 aromatic heterocycles. The summed E-state index contributed by atoms with van der Waals surface area (Å²) in [5, 5.41) is 14.7. The fourth-order valence-electron chi connectivity index (χ4n) is 9.27. The van der Waals surface area contributed by atoms with E-state index in [-0.39, 0.29) is 49.8 Å². The van der Waals surface area contributed by atoms with Gasteiger partial charge in [-0.3, -0.25) is 14.4 Å². The number of hydrogen-bond donors (Lipinski definition) is 4. The Labute approximate surface area is 326 Å². The average molecular weight is 777 g/mol. The maximum absolute atomic E-state index is 14.9. The highest BCUT2D eigenvalue weighted by molar-refractivity contribution is 6.71. The molecule has 4 heterocycles. The van der Waals surface area contributed by atoms with E-state index in [1.165, 1.54) is 0 Å². The average Bonchev–Trinajstić information content (AvgIpc) is 3.78. The number of carbonyl (C=O) groups excluding carboxylic acids is 3. The Bertz CT molecular complexity index is 2290. The van der Waals surface area contributed by atoms with Crippen LogP contribution < -0.4 is 10.2 Å². The van der Waals surface area contributed by atoms with Gasteiger partial charge >= 0.3 is 0 Å². The van der Waals surface area contributed by atoms with Crippen molar-refractivity contribution >= 4 is 59.9 Å². The first kappa shape index (κ1) is 37.2. The first-order valence-corrected chi connectivity index (χ1v) is 22.2. The smallest absolute Gasteiger partial charge is 0.264 e. The van der Waals surface area contributed by atoms with Crippen LogP contribution in [0.4, 0.5) is 11.4 Å². The van der Waals surface area contributed by atoms with E-state index in [9.17, 15) is 24.3 Å². The number of aromatic amines is 1. The van der Waals surface area contributed by atoms with Crippen LogP contribution in [-0.2, 0) is 50.7 Å². The number of para-hydroxylation sites is 1. The van der Waals surface area contributed by atoms with Gasteiger partial charge in [-0.25, -0.2) is 0 Å². The van der Waals surface area contributed by atoms with Crippen molar-refractivity contribution in [2.24, 2.45) is 5.92 Å². The number of aliphatic hydroxyl groups excluding tert-OH is 1. The second-order valence-electron chi connectivity index (χ2n) is 15.7. The molecule has 4 aromatic carbocycles. The number of ether oxygens (including phenoxy) is 1. The van der Waals surface area contributed by atoms with Crippen molar-refractivity contribution in [2.45, 2.75) is 75.7 Å². The molecule has 5 aromatic rings. The van der Waals surface area contributed by atoms with Crippen LogP contribution in [0.2, 0.25) is 23.7 Å². The van der Waals surface area contributed by atoms with Crippen molar-refractivity contribution in [1.29, 1.82) is 0 Å². The monoisotopic (exact) mass is 776 g/mol. The molecule has 10 nitrogen and oxygen atoms in total. The maximum Gasteiger partial charge on any atom is 0.264 e. The highest BCUT2D eigenvalue weighted by atomic mass is 35.5. The van der Waals surface area contributed by atoms with E-state index in [1.807, 2.05) is 105 Å². The highest BCUT2D eigenvalue weighted by Gasteiger charge is 2.66. The van der Waals surface area contributed by atoms with Gasteiger partial charge in [-0.15, -0.1) is 0 Å². The fourth-order valence-corrected chi connectivity index (χ4v) is 12.0. The molecule has 55 heavy (non-hydrogen) atoms. The SMILES string of the molecule is C[C@@H]1[C@@H]([Si](C)(C)O)[C@H](CC(=O)N2Cc3ccccc3C[C@H]2CO)O[C@@]12C(=O)N(Cc1ccc(NC(=O)Cc3c[nH]c4ccccc34)cc1)c1ccc(Cl)cc12. The molecule has 0 bridgehead atoms. The second kappa shape index (κ2) is 14.4. The zero-order valence-electron chi connectivity index (χ0n) is 31.1. The predicted molar refractivity (Wildman–Crippen MR) is 215 cm³/mol. The molecular formula is C43H45ClN4O6Si. The molecule has 12 heteroatoms. The van der Waals surface area contributed by atoms with Gasteiger partial charge in [0.15, 0.2) is 13.9 Å². The van der Waals surface area contributed by atoms with E-state index >= 15 is 0 Å². The summed E-state index contributed by atoms with van der Waals surface area (Å²) in [6, 6.07) is 28.2. The standard InChI is InChI=1S/C43H45ClN4O6Si/c1-26-41(55(2,3)53)38(21-40(51)47-24-29-9-5-4-8-28(29)18-33(47)25-49)54-43(26)35-20-31(44)14-17-37(35)48(42(43)52)23-27-12-15-32(16-13-27)46-39(50)19-30-22-45-36-11-7-6-10-34(30)36/h4-17,20,22,26,33,38,41,45,49,53H,18-19,21,23-25H2,1-3H3,(H,46,50)/t26-,33+,38+,41-,43+/m1/s1. The lowest BCUT2D eigenvalue weighted by Gasteiger charge is -2.37. The van der Waals surface area contributed by atoms with E-state index < -0.39 is 31.5 Å². The molecule has 4 N–H and O–H groups in total. The number of aromatic nitrogens is 1. The molecule has 284 valence electrons. The predicted octanol–water partition coefficient (Wildman–Crippen LogP) is 6.68. The molecule has 1 saturated heterocycles. The van der Waals surface area contributed by atoms with Crippen molar-refractivity contribution in [3.05, 3.63) is 130 Å². The van der Waals surface area contributed by atoms with E-state index in [0.29, 0.717) is 34.9 Å². The molecule has 0 saturated carbocycles. The van der Waals surface area contributed by atoms with Crippen LogP contribution in [0, 0.1) is 5.92 Å². The van der Waals surface area contributed by atoms with Crippen molar-refractivity contribution < 1.29 is 29.0 Å². The minimum Gasteiger partial charge on any atom is -0.432 e. The van der Waals surface area contributed by atoms with Gasteiger partial charge in [-0.1, -0.05) is 73.1 Å². The number of aliphatic hydroxyl groups is 1. The third kappa shape index (κ3) is 6.67. The van der Waals surface area contributed by atoms with Gasteiger partial charge in [-0.2, -0.15) is 0 Å². The molecule has 3 aliphatic rings. The lowest BCUT2D eigenvalue weighted by molar-refractivity contribution is -0.151. The summed E-state index contributed by atoms with van der Waals surface area (Å²) >= 11 is 6.60. The van der Waals surface area contributed by atoms with Gasteiger partial charge in [0, 0.05) is 51.4 Å². The number of H-pyrrole nitrogens is 1. The lowest BCUT2D eigenvalue weighted by atomic mass is 9.82. The van der Waals surface area contributed by atoms with Crippen LogP contribution >= 0.6 is 11.6 Å². The van der Waals surface area contributed by atoms with E-state index in [4.69, 9.17) is 16.3 Å². The number of benzene rings is 4. The molecule has 1 spiro atoms. The van der Waals surface area contributed by atoms with Crippen LogP contribution in [0.5, 0.6) is 0 Å². The number of hydrogen-bond acceptors (Lipinski definition) is 6. The number of fused-ring (bicyclic) bond motifs is 4. The topological polar surface area (TPSA) is 135 Å². The maximum atomic E-state index is 14.9. The molecule has 0 unspecified atom stereocenters. The number of amides is 3. The Morgan fingerprint density at radius 3 is 2.49 bits per heavy atom. The van der Waals surface area contributed by atoms with Crippen LogP contribution in [0.25, 0.3) is 10.9 Å². The molecule has 3 aliphatic heterocycles. The van der Waals surface area contributed by atoms with Gasteiger partial charge in [-0.05, 0) is 78.2 Å². The van der Waals surface area contributed by atoms with Gasteiger partial charge < -0.3 is 34.7 Å². The minimum atomic E-state index is -3.04. The molecular weight excluding hydrogens is 732 g/mol. The number of anilines is 2. The molecule has 8 rings (SSSR count). The van der Waals surface area contributed by atoms with Crippen molar-refractivity contribution in [3.63, 3.8) is 0 Å². The van der Waals surface area contributed by atoms with E-state index in [2.05, 4.69) is 10.3 Å². The fraction of sp³-hybridized carbons (Fsp3) is 0.326. The first-order chi connectivity index (χ1) is 26.4. The van der Waals surface area contributed by atoms with Crippen molar-refractivity contribution in [1.82, 2.24) is 9.88 Å². The summed E-state index contributed by atoms with van der Waals surface area (Å²) < 4.78 is 6.92. The first-order valence-electron chi connectivity index (χ1n) is 18.8. The van der Waals surface area contributed by atoms with Gasteiger partial charge in [0.1, 0.15) is 0 Å². The summed E-state index contributed by atoms with van der Waals surface area (Å²) in [5.41, 5.74) is 4.90. The van der Waals surface area contributed by atoms with Crippen molar-refractivity contribution in [2.75, 3.05) is 16.8 Å². The highest BCUT2D eigenvalue weighted by Crippen LogP contribution is 2.60. The largest absolute Gasteiger partial charge is 0.432 e. The Hall–Kier alpha value is -4.78. The Morgan fingerprint density at radius 2 is 1.75 bits per heavy atom. The third-order valence-corrected chi connectivity index (χ3v) is 14.6. The van der Waals surface area contributed by atoms with E-state index in [0.717, 1.165) is 33.2 Å². The second-order valence-corrected chi connectivity index (χ2v) is 20.1. The van der Waals surface area contributed by atoms with Crippen LogP contribution in [-0.4, -0.2) is 64.6 Å². The zero-order valence-corrected chi connectivity index (χ0v) is 32.8. The van der Waals surface area contributed by atoms with Crippen molar-refractivity contribution in [3.8, 4) is 0 Å². The normalized spacial score (nSPS) is 23.3. The summed E-state index contributed by atoms with van der Waals surface area (Å²) in [6.07, 6.45) is 1.85. The van der Waals surface area contributed by atoms with Gasteiger partial charge in [0.2, 0.25) is 11.8 Å².